The highest BCUT2D eigenvalue weighted by Crippen LogP contribution is 2.30. The molecule has 1 heterocycles. The van der Waals surface area contributed by atoms with Crippen LogP contribution in [0.3, 0.4) is 0 Å². The summed E-state index contributed by atoms with van der Waals surface area (Å²) in [5, 5.41) is 3.43. The quantitative estimate of drug-likeness (QED) is 0.763. The molecule has 0 aliphatic carbocycles. The number of ether oxygens (including phenoxy) is 1. The number of thioether (sulfide) groups is 1. The molecule has 0 aromatic rings. The summed E-state index contributed by atoms with van der Waals surface area (Å²) in [6.45, 7) is 5.77. The first-order chi connectivity index (χ1) is 7.56. The third kappa shape index (κ3) is 3.27. The van der Waals surface area contributed by atoms with E-state index in [1.807, 2.05) is 13.8 Å². The molecule has 0 saturated carbocycles. The second kappa shape index (κ2) is 5.94. The van der Waals surface area contributed by atoms with Crippen LogP contribution in [0, 0.1) is 5.92 Å². The molecule has 1 N–H and O–H groups in total. The zero-order valence-electron chi connectivity index (χ0n) is 9.83. The molecule has 5 heteroatoms. The molecule has 1 aliphatic heterocycles. The van der Waals surface area contributed by atoms with Gasteiger partial charge in [0.25, 0.3) is 0 Å². The second-order valence-corrected chi connectivity index (χ2v) is 4.88. The standard InChI is InChI=1S/C11H17NO3S/c1-4-15-11(14)8-5-6-16-10(8)12-9(13)7(2)3/h7H,4-6H2,1-3H3,(H,12,13). The van der Waals surface area contributed by atoms with Crippen LogP contribution in [-0.2, 0) is 14.3 Å². The third-order valence-corrected chi connectivity index (χ3v) is 3.20. The highest BCUT2D eigenvalue weighted by atomic mass is 32.2. The summed E-state index contributed by atoms with van der Waals surface area (Å²) in [7, 11) is 0. The molecule has 90 valence electrons. The van der Waals surface area contributed by atoms with E-state index in [1.165, 1.54) is 11.8 Å². The van der Waals surface area contributed by atoms with Gasteiger partial charge in [-0.25, -0.2) is 4.79 Å². The van der Waals surface area contributed by atoms with Crippen LogP contribution in [0.4, 0.5) is 0 Å². The van der Waals surface area contributed by atoms with Crippen LogP contribution < -0.4 is 5.32 Å². The van der Waals surface area contributed by atoms with Crippen molar-refractivity contribution in [3.63, 3.8) is 0 Å². The van der Waals surface area contributed by atoms with Crippen LogP contribution in [0.5, 0.6) is 0 Å². The number of rotatable bonds is 4. The van der Waals surface area contributed by atoms with E-state index in [0.717, 1.165) is 5.75 Å². The molecule has 1 amide bonds. The monoisotopic (exact) mass is 243 g/mol. The molecular weight excluding hydrogens is 226 g/mol. The molecule has 4 nitrogen and oxygen atoms in total. The lowest BCUT2D eigenvalue weighted by Crippen LogP contribution is -2.27. The van der Waals surface area contributed by atoms with Crippen LogP contribution in [0.15, 0.2) is 10.6 Å². The van der Waals surface area contributed by atoms with Gasteiger partial charge in [-0.15, -0.1) is 11.8 Å². The molecule has 0 fully saturated rings. The Morgan fingerprint density at radius 1 is 1.50 bits per heavy atom. The molecule has 0 bridgehead atoms. The smallest absolute Gasteiger partial charge is 0.336 e. The Bertz CT molecular complexity index is 323. The predicted octanol–water partition coefficient (Wildman–Crippen LogP) is 1.67. The number of hydrogen-bond acceptors (Lipinski definition) is 4. The fourth-order valence-corrected chi connectivity index (χ4v) is 2.28. The van der Waals surface area contributed by atoms with Crippen molar-refractivity contribution in [3.8, 4) is 0 Å². The summed E-state index contributed by atoms with van der Waals surface area (Å²) >= 11 is 1.50. The number of carbonyl (C=O) groups excluding carboxylic acids is 2. The number of amides is 1. The highest BCUT2D eigenvalue weighted by molar-refractivity contribution is 8.03. The Hall–Kier alpha value is -0.970. The van der Waals surface area contributed by atoms with Crippen LogP contribution in [0.2, 0.25) is 0 Å². The SMILES string of the molecule is CCOC(=O)C1=C(NC(=O)C(C)C)SCC1. The molecular formula is C11H17NO3S. The molecule has 1 rings (SSSR count). The normalized spacial score (nSPS) is 15.5. The Morgan fingerprint density at radius 2 is 2.19 bits per heavy atom. The first-order valence-electron chi connectivity index (χ1n) is 5.40. The highest BCUT2D eigenvalue weighted by Gasteiger charge is 2.24. The Labute approximate surface area is 99.8 Å². The summed E-state index contributed by atoms with van der Waals surface area (Å²) in [5.41, 5.74) is 0.598. The van der Waals surface area contributed by atoms with Gasteiger partial charge in [-0.1, -0.05) is 13.8 Å². The topological polar surface area (TPSA) is 55.4 Å². The van der Waals surface area contributed by atoms with Crippen LogP contribution in [0.1, 0.15) is 27.2 Å². The minimum Gasteiger partial charge on any atom is -0.463 e. The van der Waals surface area contributed by atoms with Gasteiger partial charge >= 0.3 is 5.97 Å². The number of hydrogen-bond donors (Lipinski definition) is 1. The van der Waals surface area contributed by atoms with Gasteiger partial charge in [0.05, 0.1) is 17.2 Å². The molecule has 0 radical (unpaired) electrons. The minimum absolute atomic E-state index is 0.0637. The van der Waals surface area contributed by atoms with Gasteiger partial charge in [0.15, 0.2) is 0 Å². The predicted molar refractivity (Wildman–Crippen MR) is 63.7 cm³/mol. The van der Waals surface area contributed by atoms with Gasteiger partial charge in [-0.05, 0) is 13.3 Å². The van der Waals surface area contributed by atoms with Crippen molar-refractivity contribution in [2.24, 2.45) is 5.92 Å². The molecule has 0 saturated heterocycles. The zero-order valence-corrected chi connectivity index (χ0v) is 10.6. The minimum atomic E-state index is -0.313. The first kappa shape index (κ1) is 13.1. The second-order valence-electron chi connectivity index (χ2n) is 3.77. The van der Waals surface area contributed by atoms with E-state index in [2.05, 4.69) is 5.32 Å². The maximum Gasteiger partial charge on any atom is 0.336 e. The van der Waals surface area contributed by atoms with E-state index in [0.29, 0.717) is 23.6 Å². The molecule has 0 spiro atoms. The third-order valence-electron chi connectivity index (χ3n) is 2.16. The van der Waals surface area contributed by atoms with Crippen LogP contribution in [-0.4, -0.2) is 24.2 Å². The number of carbonyl (C=O) groups is 2. The van der Waals surface area contributed by atoms with Crippen molar-refractivity contribution >= 4 is 23.6 Å². The molecule has 16 heavy (non-hydrogen) atoms. The first-order valence-corrected chi connectivity index (χ1v) is 6.38. The summed E-state index contributed by atoms with van der Waals surface area (Å²) in [4.78, 5) is 23.1. The van der Waals surface area contributed by atoms with E-state index in [-0.39, 0.29) is 17.8 Å². The molecule has 0 aromatic carbocycles. The van der Waals surface area contributed by atoms with Crippen molar-refractivity contribution in [2.45, 2.75) is 27.2 Å². The van der Waals surface area contributed by atoms with Crippen LogP contribution in [0.25, 0.3) is 0 Å². The van der Waals surface area contributed by atoms with E-state index < -0.39 is 0 Å². The Kier molecular flexibility index (Phi) is 4.86. The maximum atomic E-state index is 11.6. The summed E-state index contributed by atoms with van der Waals surface area (Å²) in [6.07, 6.45) is 0.664. The summed E-state index contributed by atoms with van der Waals surface area (Å²) < 4.78 is 4.94. The number of esters is 1. The lowest BCUT2D eigenvalue weighted by molar-refractivity contribution is -0.138. The molecule has 0 aromatic heterocycles. The van der Waals surface area contributed by atoms with Gasteiger partial charge in [-0.3, -0.25) is 4.79 Å². The van der Waals surface area contributed by atoms with Gasteiger partial charge in [-0.2, -0.15) is 0 Å². The molecule has 1 aliphatic rings. The van der Waals surface area contributed by atoms with E-state index in [1.54, 1.807) is 6.92 Å². The zero-order chi connectivity index (χ0) is 12.1. The van der Waals surface area contributed by atoms with Crippen LogP contribution >= 0.6 is 11.8 Å². The van der Waals surface area contributed by atoms with Gasteiger partial charge in [0, 0.05) is 11.7 Å². The average Bonchev–Trinajstić information content (AvgIpc) is 2.66. The van der Waals surface area contributed by atoms with Crippen molar-refractivity contribution in [2.75, 3.05) is 12.4 Å². The molecule has 0 atom stereocenters. The lowest BCUT2D eigenvalue weighted by Gasteiger charge is -2.09. The average molecular weight is 243 g/mol. The van der Waals surface area contributed by atoms with Crippen molar-refractivity contribution < 1.29 is 14.3 Å². The maximum absolute atomic E-state index is 11.6. The van der Waals surface area contributed by atoms with Crippen molar-refractivity contribution in [1.29, 1.82) is 0 Å². The Morgan fingerprint density at radius 3 is 2.75 bits per heavy atom. The van der Waals surface area contributed by atoms with Gasteiger partial charge in [0.2, 0.25) is 5.91 Å². The fourth-order valence-electron chi connectivity index (χ4n) is 1.24. The summed E-state index contributed by atoms with van der Waals surface area (Å²) in [5.74, 6) is 0.358. The van der Waals surface area contributed by atoms with Gasteiger partial charge < -0.3 is 10.1 Å². The fraction of sp³-hybridized carbons (Fsp3) is 0.636. The Balaban J connectivity index is 2.71. The number of nitrogens with one attached hydrogen (secondary N) is 1. The van der Waals surface area contributed by atoms with Crippen molar-refractivity contribution in [1.82, 2.24) is 5.32 Å². The summed E-state index contributed by atoms with van der Waals surface area (Å²) in [6, 6.07) is 0. The van der Waals surface area contributed by atoms with E-state index in [4.69, 9.17) is 4.74 Å². The van der Waals surface area contributed by atoms with Crippen molar-refractivity contribution in [3.05, 3.63) is 10.6 Å². The van der Waals surface area contributed by atoms with Gasteiger partial charge in [0.1, 0.15) is 0 Å². The largest absolute Gasteiger partial charge is 0.463 e. The van der Waals surface area contributed by atoms with E-state index >= 15 is 0 Å². The molecule has 0 unspecified atom stereocenters. The van der Waals surface area contributed by atoms with E-state index in [9.17, 15) is 9.59 Å². The lowest BCUT2D eigenvalue weighted by atomic mass is 10.2.